The molecule has 0 saturated carbocycles. The molecule has 0 aliphatic heterocycles. The number of nitrogens with one attached hydrogen (secondary N) is 3. The summed E-state index contributed by atoms with van der Waals surface area (Å²) in [7, 11) is 0. The number of anilines is 4. The molecule has 30 heavy (non-hydrogen) atoms. The third-order valence-electron chi connectivity index (χ3n) is 4.24. The van der Waals surface area contributed by atoms with Crippen molar-refractivity contribution in [1.82, 2.24) is 29.7 Å². The molecule has 0 aliphatic rings. The number of nitrogen functional groups attached to an aromatic ring is 1. The van der Waals surface area contributed by atoms with Crippen molar-refractivity contribution < 1.29 is 4.79 Å². The minimum Gasteiger partial charge on any atom is -0.384 e. The Morgan fingerprint density at radius 2 is 2.03 bits per heavy atom. The molecule has 4 heterocycles. The Bertz CT molecular complexity index is 1180. The highest BCUT2D eigenvalue weighted by Crippen LogP contribution is 2.30. The van der Waals surface area contributed by atoms with Gasteiger partial charge in [-0.15, -0.1) is 0 Å². The van der Waals surface area contributed by atoms with Crippen LogP contribution in [0.5, 0.6) is 0 Å². The van der Waals surface area contributed by atoms with E-state index >= 15 is 0 Å². The number of hydrogen-bond donors (Lipinski definition) is 4. The van der Waals surface area contributed by atoms with Crippen LogP contribution in [0.3, 0.4) is 0 Å². The van der Waals surface area contributed by atoms with Gasteiger partial charge >= 0.3 is 6.03 Å². The van der Waals surface area contributed by atoms with Crippen LogP contribution in [0, 0.1) is 6.92 Å². The third kappa shape index (κ3) is 3.97. The molecular weight excluding hydrogens is 382 g/mol. The highest BCUT2D eigenvalue weighted by molar-refractivity contribution is 5.89. The molecule has 0 aliphatic carbocycles. The van der Waals surface area contributed by atoms with E-state index in [1.807, 2.05) is 35.7 Å². The standard InChI is InChI=1S/C20H21N9O/c1-3-22-20(30)26-13-7-8-16(23-11-13)27-19-18(14-10-15(21)25-12(2)24-14)29-9-5-4-6-17(29)28-19/h4-11H,3H2,1-2H3,(H,23,27)(H2,21,24,25)(H2,22,26,30). The Morgan fingerprint density at radius 3 is 2.77 bits per heavy atom. The highest BCUT2D eigenvalue weighted by atomic mass is 16.2. The van der Waals surface area contributed by atoms with Gasteiger partial charge in [0.05, 0.1) is 17.6 Å². The monoisotopic (exact) mass is 403 g/mol. The van der Waals surface area contributed by atoms with E-state index in [0.717, 1.165) is 11.3 Å². The molecule has 4 aromatic heterocycles. The van der Waals surface area contributed by atoms with E-state index in [9.17, 15) is 4.79 Å². The molecule has 0 radical (unpaired) electrons. The topological polar surface area (TPSA) is 135 Å². The summed E-state index contributed by atoms with van der Waals surface area (Å²) in [6.45, 7) is 4.19. The summed E-state index contributed by atoms with van der Waals surface area (Å²) < 4.78 is 1.93. The van der Waals surface area contributed by atoms with Crippen LogP contribution in [0.25, 0.3) is 17.0 Å². The Hall–Kier alpha value is -4.21. The van der Waals surface area contributed by atoms with Gasteiger partial charge in [-0.1, -0.05) is 6.07 Å². The number of rotatable bonds is 5. The van der Waals surface area contributed by atoms with Crippen LogP contribution in [0.2, 0.25) is 0 Å². The van der Waals surface area contributed by atoms with Crippen LogP contribution < -0.4 is 21.7 Å². The number of carbonyl (C=O) groups is 1. The molecule has 0 bridgehead atoms. The lowest BCUT2D eigenvalue weighted by Gasteiger charge is -2.09. The Morgan fingerprint density at radius 1 is 1.17 bits per heavy atom. The molecule has 0 fully saturated rings. The molecule has 0 saturated heterocycles. The molecular formula is C20H21N9O. The number of nitrogens with zero attached hydrogens (tertiary/aromatic N) is 5. The molecule has 4 rings (SSSR count). The predicted octanol–water partition coefficient (Wildman–Crippen LogP) is 2.96. The van der Waals surface area contributed by atoms with Crippen LogP contribution in [-0.4, -0.2) is 36.9 Å². The van der Waals surface area contributed by atoms with Gasteiger partial charge in [-0.3, -0.25) is 4.40 Å². The molecule has 0 spiro atoms. The van der Waals surface area contributed by atoms with Crippen molar-refractivity contribution in [1.29, 1.82) is 0 Å². The summed E-state index contributed by atoms with van der Waals surface area (Å²) in [5.74, 6) is 2.10. The molecule has 4 aromatic rings. The van der Waals surface area contributed by atoms with E-state index in [1.165, 1.54) is 0 Å². The zero-order valence-electron chi connectivity index (χ0n) is 16.5. The van der Waals surface area contributed by atoms with E-state index in [-0.39, 0.29) is 6.03 Å². The van der Waals surface area contributed by atoms with Gasteiger partial charge in [0.2, 0.25) is 0 Å². The SMILES string of the molecule is CCNC(=O)Nc1ccc(Nc2nc3ccccn3c2-c2cc(N)nc(C)n2)nc1. The zero-order chi connectivity index (χ0) is 21.1. The summed E-state index contributed by atoms with van der Waals surface area (Å²) in [5, 5.41) is 8.62. The lowest BCUT2D eigenvalue weighted by Crippen LogP contribution is -2.28. The number of hydrogen-bond acceptors (Lipinski definition) is 7. The summed E-state index contributed by atoms with van der Waals surface area (Å²) in [6.07, 6.45) is 3.48. The Balaban J connectivity index is 1.68. The molecule has 10 heteroatoms. The van der Waals surface area contributed by atoms with Gasteiger partial charge in [0.15, 0.2) is 5.82 Å². The van der Waals surface area contributed by atoms with Crippen molar-refractivity contribution in [2.75, 3.05) is 22.9 Å². The molecule has 0 unspecified atom stereocenters. The first-order chi connectivity index (χ1) is 14.5. The van der Waals surface area contributed by atoms with Crippen molar-refractivity contribution in [3.63, 3.8) is 0 Å². The number of carbonyl (C=O) groups excluding carboxylic acids is 1. The molecule has 2 amide bonds. The van der Waals surface area contributed by atoms with Crippen LogP contribution in [0.15, 0.2) is 48.8 Å². The van der Waals surface area contributed by atoms with Gasteiger partial charge in [0.1, 0.15) is 28.8 Å². The number of nitrogens with two attached hydrogens (primary N) is 1. The number of pyridine rings is 2. The van der Waals surface area contributed by atoms with Crippen LogP contribution in [-0.2, 0) is 0 Å². The second-order valence-corrected chi connectivity index (χ2v) is 6.50. The van der Waals surface area contributed by atoms with Gasteiger partial charge in [-0.25, -0.2) is 24.7 Å². The molecule has 10 nitrogen and oxygen atoms in total. The first-order valence-electron chi connectivity index (χ1n) is 9.40. The first-order valence-corrected chi connectivity index (χ1v) is 9.40. The number of urea groups is 1. The van der Waals surface area contributed by atoms with Crippen molar-refractivity contribution in [3.05, 3.63) is 54.6 Å². The number of aryl methyl sites for hydroxylation is 1. The van der Waals surface area contributed by atoms with Gasteiger partial charge < -0.3 is 21.7 Å². The van der Waals surface area contributed by atoms with E-state index in [4.69, 9.17) is 5.73 Å². The predicted molar refractivity (Wildman–Crippen MR) is 116 cm³/mol. The summed E-state index contributed by atoms with van der Waals surface area (Å²) in [4.78, 5) is 29.4. The zero-order valence-corrected chi connectivity index (χ0v) is 16.5. The lowest BCUT2D eigenvalue weighted by atomic mass is 10.2. The van der Waals surface area contributed by atoms with E-state index in [0.29, 0.717) is 41.2 Å². The van der Waals surface area contributed by atoms with Gasteiger partial charge in [0, 0.05) is 18.8 Å². The first kappa shape index (κ1) is 19.1. The lowest BCUT2D eigenvalue weighted by molar-refractivity contribution is 0.252. The Kier molecular flexibility index (Phi) is 5.12. The molecule has 152 valence electrons. The smallest absolute Gasteiger partial charge is 0.319 e. The second kappa shape index (κ2) is 8.03. The molecule has 0 atom stereocenters. The number of aromatic nitrogens is 5. The fraction of sp³-hybridized carbons (Fsp3) is 0.150. The van der Waals surface area contributed by atoms with Crippen molar-refractivity contribution in [2.24, 2.45) is 0 Å². The summed E-state index contributed by atoms with van der Waals surface area (Å²) in [6, 6.07) is 10.7. The quantitative estimate of drug-likeness (QED) is 0.402. The maximum absolute atomic E-state index is 11.6. The van der Waals surface area contributed by atoms with Crippen molar-refractivity contribution in [3.8, 4) is 11.4 Å². The maximum Gasteiger partial charge on any atom is 0.319 e. The van der Waals surface area contributed by atoms with Gasteiger partial charge in [-0.05, 0) is 38.1 Å². The van der Waals surface area contributed by atoms with Gasteiger partial charge in [-0.2, -0.15) is 0 Å². The van der Waals surface area contributed by atoms with E-state index in [2.05, 4.69) is 35.9 Å². The number of fused-ring (bicyclic) bond motifs is 1. The normalized spacial score (nSPS) is 10.7. The Labute approximate surface area is 172 Å². The minimum absolute atomic E-state index is 0.278. The minimum atomic E-state index is -0.278. The van der Waals surface area contributed by atoms with Crippen LogP contribution in [0.1, 0.15) is 12.7 Å². The average molecular weight is 403 g/mol. The van der Waals surface area contributed by atoms with Crippen molar-refractivity contribution >= 4 is 34.8 Å². The number of amides is 2. The summed E-state index contributed by atoms with van der Waals surface area (Å²) in [5.41, 5.74) is 8.66. The maximum atomic E-state index is 11.6. The van der Waals surface area contributed by atoms with Gasteiger partial charge in [0.25, 0.3) is 0 Å². The average Bonchev–Trinajstić information content (AvgIpc) is 3.06. The largest absolute Gasteiger partial charge is 0.384 e. The molecule has 0 aromatic carbocycles. The van der Waals surface area contributed by atoms with Crippen molar-refractivity contribution in [2.45, 2.75) is 13.8 Å². The second-order valence-electron chi connectivity index (χ2n) is 6.50. The third-order valence-corrected chi connectivity index (χ3v) is 4.24. The highest BCUT2D eigenvalue weighted by Gasteiger charge is 2.17. The fourth-order valence-electron chi connectivity index (χ4n) is 3.04. The van der Waals surface area contributed by atoms with E-state index in [1.54, 1.807) is 31.3 Å². The van der Waals surface area contributed by atoms with E-state index < -0.39 is 0 Å². The fourth-order valence-corrected chi connectivity index (χ4v) is 3.04. The molecule has 5 N–H and O–H groups in total. The van der Waals surface area contributed by atoms with Crippen LogP contribution in [0.4, 0.5) is 27.9 Å². The summed E-state index contributed by atoms with van der Waals surface area (Å²) >= 11 is 0. The van der Waals surface area contributed by atoms with Crippen LogP contribution >= 0.6 is 0 Å². The number of imidazole rings is 1.